The topological polar surface area (TPSA) is 66.4 Å². The number of sulfone groups is 1. The lowest BCUT2D eigenvalue weighted by Gasteiger charge is -2.20. The van der Waals surface area contributed by atoms with E-state index < -0.39 is 9.84 Å². The van der Waals surface area contributed by atoms with Gasteiger partial charge in [-0.25, -0.2) is 8.42 Å². The van der Waals surface area contributed by atoms with Crippen molar-refractivity contribution in [2.24, 2.45) is 5.92 Å². The van der Waals surface area contributed by atoms with Crippen molar-refractivity contribution in [1.29, 1.82) is 0 Å². The van der Waals surface area contributed by atoms with E-state index in [1.54, 1.807) is 12.1 Å². The summed E-state index contributed by atoms with van der Waals surface area (Å²) in [4.78, 5) is 0.347. The van der Waals surface area contributed by atoms with Crippen LogP contribution >= 0.6 is 0 Å². The summed E-state index contributed by atoms with van der Waals surface area (Å²) in [6.45, 7) is 2.85. The molecule has 1 fully saturated rings. The molecule has 1 aromatic rings. The molecule has 0 saturated heterocycles. The van der Waals surface area contributed by atoms with Gasteiger partial charge in [-0.05, 0) is 43.4 Å². The molecule has 3 atom stereocenters. The van der Waals surface area contributed by atoms with Crippen LogP contribution in [0, 0.1) is 5.92 Å². The number of aliphatic hydroxyl groups excluding tert-OH is 1. The van der Waals surface area contributed by atoms with Crippen LogP contribution in [0.15, 0.2) is 29.2 Å². The molecule has 20 heavy (non-hydrogen) atoms. The molecular formula is C15H23NO3S. The number of benzene rings is 1. The van der Waals surface area contributed by atoms with E-state index in [1.807, 2.05) is 12.1 Å². The molecule has 2 N–H and O–H groups in total. The first-order chi connectivity index (χ1) is 9.38. The molecule has 4 nitrogen and oxygen atoms in total. The van der Waals surface area contributed by atoms with E-state index >= 15 is 0 Å². The molecule has 1 saturated carbocycles. The minimum atomic E-state index is -3.13. The number of hydrogen-bond acceptors (Lipinski definition) is 4. The van der Waals surface area contributed by atoms with Crippen molar-refractivity contribution < 1.29 is 13.5 Å². The Bertz CT molecular complexity index is 539. The van der Waals surface area contributed by atoms with Crippen LogP contribution in [0.3, 0.4) is 0 Å². The quantitative estimate of drug-likeness (QED) is 0.871. The zero-order chi connectivity index (χ0) is 14.8. The Morgan fingerprint density at radius 3 is 2.45 bits per heavy atom. The Morgan fingerprint density at radius 1 is 1.30 bits per heavy atom. The Morgan fingerprint density at radius 2 is 1.95 bits per heavy atom. The van der Waals surface area contributed by atoms with Gasteiger partial charge in [0.15, 0.2) is 9.84 Å². The molecule has 1 aliphatic carbocycles. The smallest absolute Gasteiger partial charge is 0.175 e. The van der Waals surface area contributed by atoms with Crippen LogP contribution < -0.4 is 5.32 Å². The molecule has 3 unspecified atom stereocenters. The van der Waals surface area contributed by atoms with E-state index in [4.69, 9.17) is 0 Å². The van der Waals surface area contributed by atoms with Gasteiger partial charge in [0.2, 0.25) is 0 Å². The van der Waals surface area contributed by atoms with Crippen molar-refractivity contribution in [2.45, 2.75) is 43.2 Å². The van der Waals surface area contributed by atoms with Crippen LogP contribution in [0.5, 0.6) is 0 Å². The number of nitrogens with one attached hydrogen (secondary N) is 1. The maximum atomic E-state index is 11.4. The molecule has 0 heterocycles. The fourth-order valence-electron chi connectivity index (χ4n) is 2.71. The Labute approximate surface area is 121 Å². The van der Waals surface area contributed by atoms with Crippen molar-refractivity contribution in [2.75, 3.05) is 12.8 Å². The standard InChI is InChI=1S/C15H23NO3S/c1-11(16-10-13-4-3-5-15(13)17)12-6-8-14(9-7-12)20(2,18)19/h6-9,11,13,15-17H,3-5,10H2,1-2H3. The summed E-state index contributed by atoms with van der Waals surface area (Å²) in [6, 6.07) is 7.13. The van der Waals surface area contributed by atoms with E-state index in [2.05, 4.69) is 12.2 Å². The highest BCUT2D eigenvalue weighted by Gasteiger charge is 2.25. The maximum Gasteiger partial charge on any atom is 0.175 e. The van der Waals surface area contributed by atoms with Crippen molar-refractivity contribution in [3.8, 4) is 0 Å². The minimum absolute atomic E-state index is 0.149. The van der Waals surface area contributed by atoms with Gasteiger partial charge in [-0.3, -0.25) is 0 Å². The molecule has 1 aromatic carbocycles. The molecule has 0 spiro atoms. The highest BCUT2D eigenvalue weighted by Crippen LogP contribution is 2.25. The zero-order valence-corrected chi connectivity index (χ0v) is 12.9. The summed E-state index contributed by atoms with van der Waals surface area (Å²) in [7, 11) is -3.13. The van der Waals surface area contributed by atoms with E-state index in [0.717, 1.165) is 31.4 Å². The molecule has 2 rings (SSSR count). The minimum Gasteiger partial charge on any atom is -0.393 e. The molecule has 0 aliphatic heterocycles. The summed E-state index contributed by atoms with van der Waals surface area (Å²) in [5.41, 5.74) is 1.06. The predicted octanol–water partition coefficient (Wildman–Crippen LogP) is 1.90. The normalized spacial score (nSPS) is 24.8. The molecular weight excluding hydrogens is 274 g/mol. The SMILES string of the molecule is CC(NCC1CCCC1O)c1ccc(S(C)(=O)=O)cc1. The van der Waals surface area contributed by atoms with Crippen molar-refractivity contribution in [3.63, 3.8) is 0 Å². The Hall–Kier alpha value is -0.910. The van der Waals surface area contributed by atoms with E-state index in [0.29, 0.717) is 10.8 Å². The summed E-state index contributed by atoms with van der Waals surface area (Å²) < 4.78 is 22.8. The lowest BCUT2D eigenvalue weighted by Crippen LogP contribution is -2.29. The van der Waals surface area contributed by atoms with E-state index in [9.17, 15) is 13.5 Å². The highest BCUT2D eigenvalue weighted by atomic mass is 32.2. The van der Waals surface area contributed by atoms with Gasteiger partial charge in [0, 0.05) is 18.8 Å². The van der Waals surface area contributed by atoms with E-state index in [-0.39, 0.29) is 12.1 Å². The number of hydrogen-bond donors (Lipinski definition) is 2. The van der Waals surface area contributed by atoms with Gasteiger partial charge in [0.25, 0.3) is 0 Å². The van der Waals surface area contributed by atoms with Gasteiger partial charge in [-0.1, -0.05) is 18.6 Å². The number of aliphatic hydroxyl groups is 1. The summed E-state index contributed by atoms with van der Waals surface area (Å²) >= 11 is 0. The van der Waals surface area contributed by atoms with Crippen LogP contribution in [0.4, 0.5) is 0 Å². The zero-order valence-electron chi connectivity index (χ0n) is 12.0. The largest absolute Gasteiger partial charge is 0.393 e. The van der Waals surface area contributed by atoms with Crippen molar-refractivity contribution in [1.82, 2.24) is 5.32 Å². The third-order valence-corrected chi connectivity index (χ3v) is 5.24. The average molecular weight is 297 g/mol. The van der Waals surface area contributed by atoms with Gasteiger partial charge in [-0.2, -0.15) is 0 Å². The molecule has 112 valence electrons. The molecule has 5 heteroatoms. The number of rotatable bonds is 5. The van der Waals surface area contributed by atoms with Crippen molar-refractivity contribution in [3.05, 3.63) is 29.8 Å². The van der Waals surface area contributed by atoms with Gasteiger partial charge < -0.3 is 10.4 Å². The lowest BCUT2D eigenvalue weighted by molar-refractivity contribution is 0.130. The molecule has 0 amide bonds. The van der Waals surface area contributed by atoms with Crippen LogP contribution in [0.25, 0.3) is 0 Å². The predicted molar refractivity (Wildman–Crippen MR) is 79.3 cm³/mol. The second-order valence-electron chi connectivity index (χ2n) is 5.73. The fraction of sp³-hybridized carbons (Fsp3) is 0.600. The molecule has 0 radical (unpaired) electrons. The van der Waals surface area contributed by atoms with E-state index in [1.165, 1.54) is 6.26 Å². The van der Waals surface area contributed by atoms with Crippen molar-refractivity contribution >= 4 is 9.84 Å². The first-order valence-corrected chi connectivity index (χ1v) is 8.98. The van der Waals surface area contributed by atoms with Crippen LogP contribution in [0.1, 0.15) is 37.8 Å². The Kier molecular flexibility index (Phi) is 4.83. The molecule has 1 aliphatic rings. The van der Waals surface area contributed by atoms with Gasteiger partial charge in [0.05, 0.1) is 11.0 Å². The van der Waals surface area contributed by atoms with Gasteiger partial charge in [-0.15, -0.1) is 0 Å². The second kappa shape index (κ2) is 6.24. The maximum absolute atomic E-state index is 11.4. The summed E-state index contributed by atoms with van der Waals surface area (Å²) in [5.74, 6) is 0.341. The third-order valence-electron chi connectivity index (χ3n) is 4.11. The molecule has 0 bridgehead atoms. The van der Waals surface area contributed by atoms with Gasteiger partial charge >= 0.3 is 0 Å². The van der Waals surface area contributed by atoms with Gasteiger partial charge in [0.1, 0.15) is 0 Å². The van der Waals surface area contributed by atoms with Crippen LogP contribution in [-0.4, -0.2) is 32.4 Å². The summed E-state index contributed by atoms with van der Waals surface area (Å²) in [5, 5.41) is 13.2. The highest BCUT2D eigenvalue weighted by molar-refractivity contribution is 7.90. The second-order valence-corrected chi connectivity index (χ2v) is 7.75. The summed E-state index contributed by atoms with van der Waals surface area (Å²) in [6.07, 6.45) is 4.12. The first kappa shape index (κ1) is 15.5. The monoisotopic (exact) mass is 297 g/mol. The lowest BCUT2D eigenvalue weighted by atomic mass is 10.0. The third kappa shape index (κ3) is 3.81. The molecule has 0 aromatic heterocycles. The first-order valence-electron chi connectivity index (χ1n) is 7.09. The fourth-order valence-corrected chi connectivity index (χ4v) is 3.34. The Balaban J connectivity index is 1.94. The average Bonchev–Trinajstić information content (AvgIpc) is 2.81. The van der Waals surface area contributed by atoms with Crippen LogP contribution in [0.2, 0.25) is 0 Å². The van der Waals surface area contributed by atoms with Crippen LogP contribution in [-0.2, 0) is 9.84 Å².